The van der Waals surface area contributed by atoms with Crippen molar-refractivity contribution in [1.82, 2.24) is 9.80 Å². The van der Waals surface area contributed by atoms with Crippen LogP contribution in [0.2, 0.25) is 5.02 Å². The first kappa shape index (κ1) is 18.5. The first-order valence-corrected chi connectivity index (χ1v) is 8.77. The first-order valence-electron chi connectivity index (χ1n) is 8.40. The van der Waals surface area contributed by atoms with Gasteiger partial charge in [-0.05, 0) is 43.8 Å². The van der Waals surface area contributed by atoms with Crippen LogP contribution in [0.1, 0.15) is 6.42 Å². The molecule has 0 spiro atoms. The second kappa shape index (κ2) is 10.1. The van der Waals surface area contributed by atoms with E-state index in [0.717, 1.165) is 50.7 Å². The maximum absolute atomic E-state index is 9.02. The van der Waals surface area contributed by atoms with Gasteiger partial charge in [0, 0.05) is 50.0 Å². The number of piperazine rings is 1. The van der Waals surface area contributed by atoms with Gasteiger partial charge in [-0.3, -0.25) is 9.80 Å². The van der Waals surface area contributed by atoms with Crippen molar-refractivity contribution in [2.24, 2.45) is 0 Å². The molecule has 1 fully saturated rings. The predicted octanol–water partition coefficient (Wildman–Crippen LogP) is 1.14. The summed E-state index contributed by atoms with van der Waals surface area (Å²) in [6, 6.07) is 8.06. The Bertz CT molecular complexity index is 430. The third-order valence-electron chi connectivity index (χ3n) is 4.35. The molecule has 1 aliphatic heterocycles. The lowest BCUT2D eigenvalue weighted by molar-refractivity contribution is 0.152. The van der Waals surface area contributed by atoms with Crippen molar-refractivity contribution in [3.8, 4) is 0 Å². The standard InChI is InChI=1S/C17H28ClN3O2/c18-16-2-4-17(5-3-16)21-10-8-19(9-11-21)6-1-7-20(12-14-22)13-15-23/h2-5,22-23H,1,6-15H2. The van der Waals surface area contributed by atoms with Crippen molar-refractivity contribution >= 4 is 17.3 Å². The summed E-state index contributed by atoms with van der Waals surface area (Å²) < 4.78 is 0. The number of aliphatic hydroxyl groups is 2. The normalized spacial score (nSPS) is 16.3. The van der Waals surface area contributed by atoms with E-state index < -0.39 is 0 Å². The van der Waals surface area contributed by atoms with E-state index in [1.807, 2.05) is 12.1 Å². The van der Waals surface area contributed by atoms with Crippen LogP contribution in [0.15, 0.2) is 24.3 Å². The largest absolute Gasteiger partial charge is 0.395 e. The summed E-state index contributed by atoms with van der Waals surface area (Å²) in [5, 5.41) is 18.8. The van der Waals surface area contributed by atoms with E-state index in [1.165, 1.54) is 5.69 Å². The molecule has 0 bridgehead atoms. The number of aliphatic hydroxyl groups excluding tert-OH is 2. The second-order valence-corrected chi connectivity index (χ2v) is 6.38. The highest BCUT2D eigenvalue weighted by molar-refractivity contribution is 6.30. The van der Waals surface area contributed by atoms with E-state index in [1.54, 1.807) is 0 Å². The molecular weight excluding hydrogens is 314 g/mol. The molecule has 6 heteroatoms. The maximum atomic E-state index is 9.02. The summed E-state index contributed by atoms with van der Waals surface area (Å²) >= 11 is 5.94. The lowest BCUT2D eigenvalue weighted by atomic mass is 10.2. The molecule has 2 rings (SSSR count). The number of benzene rings is 1. The summed E-state index contributed by atoms with van der Waals surface area (Å²) in [7, 11) is 0. The van der Waals surface area contributed by atoms with E-state index in [-0.39, 0.29) is 13.2 Å². The van der Waals surface area contributed by atoms with Crippen molar-refractivity contribution in [3.05, 3.63) is 29.3 Å². The number of hydrogen-bond donors (Lipinski definition) is 2. The Hall–Kier alpha value is -0.850. The van der Waals surface area contributed by atoms with Crippen LogP contribution >= 0.6 is 11.6 Å². The number of halogens is 1. The molecule has 0 radical (unpaired) electrons. The molecule has 1 aromatic carbocycles. The van der Waals surface area contributed by atoms with Gasteiger partial charge in [0.1, 0.15) is 0 Å². The van der Waals surface area contributed by atoms with Crippen LogP contribution in [0.3, 0.4) is 0 Å². The van der Waals surface area contributed by atoms with Gasteiger partial charge in [0.2, 0.25) is 0 Å². The fourth-order valence-electron chi connectivity index (χ4n) is 3.02. The van der Waals surface area contributed by atoms with Crippen LogP contribution in [-0.4, -0.2) is 85.6 Å². The van der Waals surface area contributed by atoms with E-state index in [0.29, 0.717) is 13.1 Å². The van der Waals surface area contributed by atoms with Crippen molar-refractivity contribution in [2.75, 3.05) is 70.5 Å². The third-order valence-corrected chi connectivity index (χ3v) is 4.60. The highest BCUT2D eigenvalue weighted by Crippen LogP contribution is 2.19. The van der Waals surface area contributed by atoms with Gasteiger partial charge in [0.15, 0.2) is 0 Å². The van der Waals surface area contributed by atoms with Crippen molar-refractivity contribution in [1.29, 1.82) is 0 Å². The van der Waals surface area contributed by atoms with Crippen LogP contribution in [0.5, 0.6) is 0 Å². The summed E-state index contributed by atoms with van der Waals surface area (Å²) in [6.45, 7) is 7.82. The topological polar surface area (TPSA) is 50.2 Å². The number of rotatable bonds is 9. The van der Waals surface area contributed by atoms with Gasteiger partial charge in [0.05, 0.1) is 13.2 Å². The molecule has 130 valence electrons. The summed E-state index contributed by atoms with van der Waals surface area (Å²) in [4.78, 5) is 7.00. The van der Waals surface area contributed by atoms with Gasteiger partial charge in [-0.15, -0.1) is 0 Å². The molecular formula is C17H28ClN3O2. The number of nitrogens with zero attached hydrogens (tertiary/aromatic N) is 3. The van der Waals surface area contributed by atoms with Crippen molar-refractivity contribution < 1.29 is 10.2 Å². The van der Waals surface area contributed by atoms with Gasteiger partial charge in [-0.25, -0.2) is 0 Å². The van der Waals surface area contributed by atoms with Crippen molar-refractivity contribution in [2.45, 2.75) is 6.42 Å². The van der Waals surface area contributed by atoms with Gasteiger partial charge in [-0.2, -0.15) is 0 Å². The minimum absolute atomic E-state index is 0.153. The molecule has 0 unspecified atom stereocenters. The van der Waals surface area contributed by atoms with E-state index in [2.05, 4.69) is 26.8 Å². The van der Waals surface area contributed by atoms with Crippen LogP contribution in [0.4, 0.5) is 5.69 Å². The second-order valence-electron chi connectivity index (χ2n) is 5.95. The van der Waals surface area contributed by atoms with Gasteiger partial charge in [0.25, 0.3) is 0 Å². The quantitative estimate of drug-likeness (QED) is 0.705. The summed E-state index contributed by atoms with van der Waals surface area (Å²) in [5.74, 6) is 0. The fourth-order valence-corrected chi connectivity index (χ4v) is 3.14. The molecule has 0 atom stereocenters. The SMILES string of the molecule is OCCN(CCO)CCCN1CCN(c2ccc(Cl)cc2)CC1. The Labute approximate surface area is 144 Å². The molecule has 1 saturated heterocycles. The van der Waals surface area contributed by atoms with E-state index in [4.69, 9.17) is 21.8 Å². The Morgan fingerprint density at radius 2 is 1.52 bits per heavy atom. The monoisotopic (exact) mass is 341 g/mol. The molecule has 1 aliphatic rings. The lowest BCUT2D eigenvalue weighted by Crippen LogP contribution is -2.47. The zero-order valence-electron chi connectivity index (χ0n) is 13.7. The van der Waals surface area contributed by atoms with Gasteiger partial charge >= 0.3 is 0 Å². The molecule has 0 aliphatic carbocycles. The highest BCUT2D eigenvalue weighted by Gasteiger charge is 2.17. The predicted molar refractivity (Wildman–Crippen MR) is 95.3 cm³/mol. The Morgan fingerprint density at radius 3 is 2.09 bits per heavy atom. The number of anilines is 1. The minimum atomic E-state index is 0.153. The molecule has 1 aromatic rings. The molecule has 23 heavy (non-hydrogen) atoms. The van der Waals surface area contributed by atoms with Crippen LogP contribution < -0.4 is 4.90 Å². The lowest BCUT2D eigenvalue weighted by Gasteiger charge is -2.36. The van der Waals surface area contributed by atoms with E-state index in [9.17, 15) is 0 Å². The van der Waals surface area contributed by atoms with Crippen LogP contribution in [0.25, 0.3) is 0 Å². The zero-order valence-corrected chi connectivity index (χ0v) is 14.5. The Morgan fingerprint density at radius 1 is 0.913 bits per heavy atom. The zero-order chi connectivity index (χ0) is 16.5. The van der Waals surface area contributed by atoms with E-state index >= 15 is 0 Å². The first-order chi connectivity index (χ1) is 11.2. The average molecular weight is 342 g/mol. The third kappa shape index (κ3) is 6.28. The Balaban J connectivity index is 1.67. The molecule has 0 aromatic heterocycles. The Kier molecular flexibility index (Phi) is 8.12. The fraction of sp³-hybridized carbons (Fsp3) is 0.647. The van der Waals surface area contributed by atoms with Gasteiger partial charge < -0.3 is 15.1 Å². The van der Waals surface area contributed by atoms with Crippen LogP contribution in [0, 0.1) is 0 Å². The maximum Gasteiger partial charge on any atom is 0.0558 e. The molecule has 1 heterocycles. The van der Waals surface area contributed by atoms with Crippen molar-refractivity contribution in [3.63, 3.8) is 0 Å². The van der Waals surface area contributed by atoms with Crippen LogP contribution in [-0.2, 0) is 0 Å². The minimum Gasteiger partial charge on any atom is -0.395 e. The summed E-state index contributed by atoms with van der Waals surface area (Å²) in [6.07, 6.45) is 1.07. The molecule has 2 N–H and O–H groups in total. The highest BCUT2D eigenvalue weighted by atomic mass is 35.5. The van der Waals surface area contributed by atoms with Gasteiger partial charge in [-0.1, -0.05) is 11.6 Å². The molecule has 0 amide bonds. The molecule has 5 nitrogen and oxygen atoms in total. The average Bonchev–Trinajstić information content (AvgIpc) is 2.57. The summed E-state index contributed by atoms with van der Waals surface area (Å²) in [5.41, 5.74) is 1.24. The molecule has 0 saturated carbocycles. The number of hydrogen-bond acceptors (Lipinski definition) is 5. The smallest absolute Gasteiger partial charge is 0.0558 e.